The molecule has 6 nitrogen and oxygen atoms in total. The van der Waals surface area contributed by atoms with Gasteiger partial charge in [-0.2, -0.15) is 0 Å². The van der Waals surface area contributed by atoms with E-state index >= 15 is 0 Å². The Bertz CT molecular complexity index is 1000. The van der Waals surface area contributed by atoms with Crippen LogP contribution in [0.25, 0.3) is 17.3 Å². The molecule has 2 bridgehead atoms. The van der Waals surface area contributed by atoms with Gasteiger partial charge in [-0.25, -0.2) is 0 Å². The number of benzene rings is 1. The standard InChI is InChI=1S/C23H26N4O2S/c1-15(19-13-16-9-10-17(19)12-16)24-21(28)14-30-23-26-25-22(20-8-5-11-29-20)27(23)18-6-3-2-4-7-18/h2-8,11,15-17,19H,9-10,12-14H2,1H3,(H,24,28)/t15-,16-,17-,19+/m0/s1. The summed E-state index contributed by atoms with van der Waals surface area (Å²) in [5, 5.41) is 12.6. The molecule has 1 amide bonds. The lowest BCUT2D eigenvalue weighted by atomic mass is 9.84. The zero-order chi connectivity index (χ0) is 20.5. The SMILES string of the molecule is C[C@H](NC(=O)CSc1nnc(-c2ccco2)n1-c1ccccc1)[C@H]1C[C@H]2CC[C@H]1C2. The highest BCUT2D eigenvalue weighted by Crippen LogP contribution is 2.49. The minimum atomic E-state index is 0.0532. The molecular formula is C23H26N4O2S. The number of nitrogens with one attached hydrogen (secondary N) is 1. The Labute approximate surface area is 180 Å². The van der Waals surface area contributed by atoms with Crippen molar-refractivity contribution in [1.82, 2.24) is 20.1 Å². The molecule has 4 atom stereocenters. The molecule has 1 N–H and O–H groups in total. The number of nitrogens with zero attached hydrogens (tertiary/aromatic N) is 3. The third-order valence-electron chi connectivity index (χ3n) is 6.55. The van der Waals surface area contributed by atoms with E-state index < -0.39 is 0 Å². The minimum Gasteiger partial charge on any atom is -0.461 e. The average Bonchev–Trinajstić information content (AvgIpc) is 3.56. The van der Waals surface area contributed by atoms with Gasteiger partial charge in [-0.1, -0.05) is 36.4 Å². The first-order valence-electron chi connectivity index (χ1n) is 10.7. The summed E-state index contributed by atoms with van der Waals surface area (Å²) >= 11 is 1.40. The molecule has 2 saturated carbocycles. The summed E-state index contributed by atoms with van der Waals surface area (Å²) in [5.74, 6) is 3.97. The van der Waals surface area contributed by atoms with Gasteiger partial charge in [-0.05, 0) is 68.2 Å². The maximum Gasteiger partial charge on any atom is 0.230 e. The fourth-order valence-corrected chi connectivity index (χ4v) is 5.94. The molecule has 0 aliphatic heterocycles. The summed E-state index contributed by atoms with van der Waals surface area (Å²) in [6.45, 7) is 2.16. The largest absolute Gasteiger partial charge is 0.461 e. The molecule has 0 radical (unpaired) electrons. The Morgan fingerprint density at radius 1 is 1.20 bits per heavy atom. The Balaban J connectivity index is 1.28. The zero-order valence-corrected chi connectivity index (χ0v) is 17.8. The quantitative estimate of drug-likeness (QED) is 0.565. The van der Waals surface area contributed by atoms with Gasteiger partial charge in [-0.3, -0.25) is 9.36 Å². The van der Waals surface area contributed by atoms with Gasteiger partial charge in [0.15, 0.2) is 10.9 Å². The van der Waals surface area contributed by atoms with Crippen molar-refractivity contribution in [2.24, 2.45) is 17.8 Å². The Kier molecular flexibility index (Phi) is 5.37. The van der Waals surface area contributed by atoms with Crippen molar-refractivity contribution in [3.63, 3.8) is 0 Å². The third-order valence-corrected chi connectivity index (χ3v) is 7.47. The van der Waals surface area contributed by atoms with Crippen LogP contribution in [-0.4, -0.2) is 32.5 Å². The van der Waals surface area contributed by atoms with E-state index in [1.54, 1.807) is 6.26 Å². The van der Waals surface area contributed by atoms with E-state index in [0.717, 1.165) is 17.5 Å². The molecule has 2 aromatic heterocycles. The molecule has 1 aromatic carbocycles. The van der Waals surface area contributed by atoms with Crippen LogP contribution in [0.4, 0.5) is 0 Å². The summed E-state index contributed by atoms with van der Waals surface area (Å²) in [5.41, 5.74) is 0.937. The maximum atomic E-state index is 12.7. The van der Waals surface area contributed by atoms with Crippen LogP contribution in [0.5, 0.6) is 0 Å². The molecule has 0 spiro atoms. The van der Waals surface area contributed by atoms with Crippen molar-refractivity contribution >= 4 is 17.7 Å². The lowest BCUT2D eigenvalue weighted by Gasteiger charge is -2.28. The number of carbonyl (C=O) groups is 1. The fraction of sp³-hybridized carbons (Fsp3) is 0.435. The van der Waals surface area contributed by atoms with Gasteiger partial charge >= 0.3 is 0 Å². The van der Waals surface area contributed by atoms with Crippen molar-refractivity contribution < 1.29 is 9.21 Å². The van der Waals surface area contributed by atoms with Crippen LogP contribution in [0.2, 0.25) is 0 Å². The molecule has 2 heterocycles. The Morgan fingerprint density at radius 2 is 2.07 bits per heavy atom. The van der Waals surface area contributed by atoms with E-state index in [0.29, 0.717) is 28.4 Å². The number of thioether (sulfide) groups is 1. The van der Waals surface area contributed by atoms with Gasteiger partial charge in [0.2, 0.25) is 11.7 Å². The second kappa shape index (κ2) is 8.30. The topological polar surface area (TPSA) is 73.0 Å². The average molecular weight is 423 g/mol. The predicted octanol–water partition coefficient (Wildman–Crippen LogP) is 4.56. The second-order valence-electron chi connectivity index (χ2n) is 8.44. The van der Waals surface area contributed by atoms with Gasteiger partial charge in [0.05, 0.1) is 12.0 Å². The molecule has 0 unspecified atom stereocenters. The van der Waals surface area contributed by atoms with Crippen LogP contribution in [0.1, 0.15) is 32.6 Å². The molecule has 2 fully saturated rings. The van der Waals surface area contributed by atoms with E-state index in [-0.39, 0.29) is 11.9 Å². The Morgan fingerprint density at radius 3 is 2.77 bits per heavy atom. The first-order chi connectivity index (χ1) is 14.7. The summed E-state index contributed by atoms with van der Waals surface area (Å²) in [4.78, 5) is 12.7. The molecule has 2 aliphatic carbocycles. The highest BCUT2D eigenvalue weighted by atomic mass is 32.2. The number of furan rings is 1. The van der Waals surface area contributed by atoms with E-state index in [9.17, 15) is 4.79 Å². The van der Waals surface area contributed by atoms with E-state index in [1.165, 1.54) is 37.4 Å². The molecule has 7 heteroatoms. The van der Waals surface area contributed by atoms with Gasteiger partial charge in [0.25, 0.3) is 0 Å². The van der Waals surface area contributed by atoms with Crippen molar-refractivity contribution in [1.29, 1.82) is 0 Å². The molecular weight excluding hydrogens is 396 g/mol. The van der Waals surface area contributed by atoms with Crippen LogP contribution in [0, 0.1) is 17.8 Å². The highest BCUT2D eigenvalue weighted by Gasteiger charge is 2.42. The van der Waals surface area contributed by atoms with Crippen LogP contribution >= 0.6 is 11.8 Å². The first-order valence-corrected chi connectivity index (χ1v) is 11.6. The smallest absolute Gasteiger partial charge is 0.230 e. The molecule has 0 saturated heterocycles. The van der Waals surface area contributed by atoms with Crippen molar-refractivity contribution in [2.45, 2.75) is 43.8 Å². The van der Waals surface area contributed by atoms with Crippen molar-refractivity contribution in [3.8, 4) is 17.3 Å². The first kappa shape index (κ1) is 19.4. The van der Waals surface area contributed by atoms with Crippen molar-refractivity contribution in [3.05, 3.63) is 48.7 Å². The van der Waals surface area contributed by atoms with E-state index in [4.69, 9.17) is 4.42 Å². The summed E-state index contributed by atoms with van der Waals surface area (Å²) < 4.78 is 7.48. The summed E-state index contributed by atoms with van der Waals surface area (Å²) in [6, 6.07) is 13.8. The number of amides is 1. The third kappa shape index (κ3) is 3.78. The zero-order valence-electron chi connectivity index (χ0n) is 17.0. The molecule has 30 heavy (non-hydrogen) atoms. The van der Waals surface area contributed by atoms with Gasteiger partial charge in [-0.15, -0.1) is 10.2 Å². The van der Waals surface area contributed by atoms with Crippen molar-refractivity contribution in [2.75, 3.05) is 5.75 Å². The lowest BCUT2D eigenvalue weighted by Crippen LogP contribution is -2.40. The summed E-state index contributed by atoms with van der Waals surface area (Å²) in [6.07, 6.45) is 6.96. The number of rotatable bonds is 7. The number of fused-ring (bicyclic) bond motifs is 2. The van der Waals surface area contributed by atoms with E-state index in [2.05, 4.69) is 22.4 Å². The normalized spacial score (nSPS) is 23.6. The van der Waals surface area contributed by atoms with Crippen LogP contribution in [0.3, 0.4) is 0 Å². The van der Waals surface area contributed by atoms with Gasteiger partial charge in [0.1, 0.15) is 0 Å². The summed E-state index contributed by atoms with van der Waals surface area (Å²) in [7, 11) is 0. The van der Waals surface area contributed by atoms with Gasteiger partial charge in [0, 0.05) is 11.7 Å². The molecule has 3 aromatic rings. The highest BCUT2D eigenvalue weighted by molar-refractivity contribution is 7.99. The van der Waals surface area contributed by atoms with E-state index in [1.807, 2.05) is 47.0 Å². The molecule has 156 valence electrons. The second-order valence-corrected chi connectivity index (χ2v) is 9.38. The number of hydrogen-bond donors (Lipinski definition) is 1. The molecule has 5 rings (SSSR count). The lowest BCUT2D eigenvalue weighted by molar-refractivity contribution is -0.119. The van der Waals surface area contributed by atoms with Crippen LogP contribution < -0.4 is 5.32 Å². The van der Waals surface area contributed by atoms with Crippen LogP contribution in [0.15, 0.2) is 58.3 Å². The number of hydrogen-bond acceptors (Lipinski definition) is 5. The molecule has 2 aliphatic rings. The monoisotopic (exact) mass is 422 g/mol. The minimum absolute atomic E-state index is 0.0532. The van der Waals surface area contributed by atoms with Crippen LogP contribution in [-0.2, 0) is 4.79 Å². The van der Waals surface area contributed by atoms with Gasteiger partial charge < -0.3 is 9.73 Å². The number of aromatic nitrogens is 3. The predicted molar refractivity (Wildman–Crippen MR) is 116 cm³/mol. The Hall–Kier alpha value is -2.54. The number of carbonyl (C=O) groups excluding carboxylic acids is 1. The number of para-hydroxylation sites is 1. The maximum absolute atomic E-state index is 12.7. The fourth-order valence-electron chi connectivity index (χ4n) is 5.18.